The molecule has 7 aromatic rings. The summed E-state index contributed by atoms with van der Waals surface area (Å²) in [6.07, 6.45) is 2.55. The van der Waals surface area contributed by atoms with Crippen molar-refractivity contribution in [1.29, 1.82) is 0 Å². The lowest BCUT2D eigenvalue weighted by Crippen LogP contribution is -2.54. The van der Waals surface area contributed by atoms with Crippen molar-refractivity contribution in [3.05, 3.63) is 187 Å². The van der Waals surface area contributed by atoms with Crippen LogP contribution in [0.1, 0.15) is 140 Å². The standard InChI is InChI=1S/C30H32Cl3NO.C20H24N2O2.C17H16F6N2O/c1-3-5-13-34(14-6-4-2)19-29(35)28-18-23(33)17-27-25(15-20-7-9-21(31)10-8-20)26-16-22(32)11-12-24(26)30(27)28;1-2-14-11-22-8-6-15(14)10-19(22)20(24)16-5-7-21-18-4-3-13(12-23)9-17(16)18;18-16(19,20)11-5-3-4-9-10(15(26)12-6-1-2-7-24-12)8-13(17(21,22)23)25-14(9)11/h7-12,15-18,29,35H,3-6,13-14,19H2,1-2H3;2-5,7,9,14-15,19-20,23-24H,1,6,8,10-12H2;3-5,8,12,15,24,26H,1-2,6-7H2/b25-15-;;. The van der Waals surface area contributed by atoms with Gasteiger partial charge in [-0.15, -0.1) is 6.58 Å². The molecule has 4 fully saturated rings. The first-order valence-corrected chi connectivity index (χ1v) is 30.4. The van der Waals surface area contributed by atoms with E-state index in [2.05, 4.69) is 63.7 Å². The van der Waals surface area contributed by atoms with Crippen LogP contribution in [0.2, 0.25) is 15.1 Å². The van der Waals surface area contributed by atoms with E-state index in [1.54, 1.807) is 6.20 Å². The molecular formula is C67H72Cl3F6N5O4. The van der Waals surface area contributed by atoms with Crippen molar-refractivity contribution in [2.24, 2.45) is 11.8 Å². The average Bonchev–Trinajstić information content (AvgIpc) is 1.95. The predicted octanol–water partition coefficient (Wildman–Crippen LogP) is 16.3. The third kappa shape index (κ3) is 14.9. The molecule has 0 saturated carbocycles. The highest BCUT2D eigenvalue weighted by molar-refractivity contribution is 6.32. The maximum Gasteiger partial charge on any atom is 0.433 e. The van der Waals surface area contributed by atoms with Crippen LogP contribution in [0.25, 0.3) is 44.6 Å². The van der Waals surface area contributed by atoms with Crippen LogP contribution >= 0.6 is 34.8 Å². The Balaban J connectivity index is 0.000000156. The molecule has 5 N–H and O–H groups in total. The van der Waals surface area contributed by atoms with Gasteiger partial charge in [-0.2, -0.15) is 26.3 Å². The quantitative estimate of drug-likeness (QED) is 0.0475. The van der Waals surface area contributed by atoms with Crippen molar-refractivity contribution in [2.45, 2.75) is 121 Å². The van der Waals surface area contributed by atoms with Crippen LogP contribution < -0.4 is 5.32 Å². The number of pyridine rings is 2. The molecule has 5 aliphatic rings. The van der Waals surface area contributed by atoms with Gasteiger partial charge in [-0.05, 0) is 205 Å². The lowest BCUT2D eigenvalue weighted by molar-refractivity contribution is -0.142. The highest BCUT2D eigenvalue weighted by atomic mass is 35.5. The van der Waals surface area contributed by atoms with Gasteiger partial charge in [0.05, 0.1) is 41.5 Å². The van der Waals surface area contributed by atoms with Crippen LogP contribution in [-0.2, 0) is 19.0 Å². The molecule has 12 rings (SSSR count). The van der Waals surface area contributed by atoms with E-state index >= 15 is 0 Å². The molecule has 6 heterocycles. The zero-order chi connectivity index (χ0) is 60.7. The lowest BCUT2D eigenvalue weighted by atomic mass is 9.73. The minimum absolute atomic E-state index is 0.000980. The van der Waals surface area contributed by atoms with Crippen LogP contribution in [0.3, 0.4) is 0 Å². The highest BCUT2D eigenvalue weighted by Crippen LogP contribution is 2.50. The van der Waals surface area contributed by atoms with E-state index in [1.165, 1.54) is 12.5 Å². The largest absolute Gasteiger partial charge is 0.433 e. The number of hydrogen-bond acceptors (Lipinski definition) is 9. The van der Waals surface area contributed by atoms with Gasteiger partial charge in [0, 0.05) is 57.2 Å². The Morgan fingerprint density at radius 1 is 0.753 bits per heavy atom. The molecular weight excluding hydrogens is 1160 g/mol. The summed E-state index contributed by atoms with van der Waals surface area (Å²) in [6, 6.07) is 28.6. The number of halogens is 9. The second-order valence-electron chi connectivity index (χ2n) is 22.6. The van der Waals surface area contributed by atoms with Gasteiger partial charge >= 0.3 is 12.4 Å². The van der Waals surface area contributed by atoms with E-state index in [-0.39, 0.29) is 23.6 Å². The number of nitrogens with one attached hydrogen (secondary N) is 1. The molecule has 0 amide bonds. The van der Waals surface area contributed by atoms with Gasteiger partial charge in [0.1, 0.15) is 5.69 Å². The highest BCUT2D eigenvalue weighted by Gasteiger charge is 2.43. The molecule has 2 bridgehead atoms. The van der Waals surface area contributed by atoms with Crippen LogP contribution in [0, 0.1) is 11.8 Å². The van der Waals surface area contributed by atoms with E-state index in [4.69, 9.17) is 34.8 Å². The third-order valence-electron chi connectivity index (χ3n) is 17.0. The molecule has 18 heteroatoms. The van der Waals surface area contributed by atoms with E-state index in [0.29, 0.717) is 58.5 Å². The summed E-state index contributed by atoms with van der Waals surface area (Å²) >= 11 is 19.2. The van der Waals surface area contributed by atoms with Crippen molar-refractivity contribution in [2.75, 3.05) is 39.3 Å². The second-order valence-corrected chi connectivity index (χ2v) is 23.9. The Labute approximate surface area is 508 Å². The van der Waals surface area contributed by atoms with E-state index in [0.717, 1.165) is 138 Å². The first-order chi connectivity index (χ1) is 40.7. The molecule has 4 saturated heterocycles. The fourth-order valence-corrected chi connectivity index (χ4v) is 13.1. The first-order valence-electron chi connectivity index (χ1n) is 29.2. The van der Waals surface area contributed by atoms with Crippen LogP contribution in [0.4, 0.5) is 26.3 Å². The molecule has 8 unspecified atom stereocenters. The van der Waals surface area contributed by atoms with Crippen molar-refractivity contribution < 1.29 is 46.8 Å². The number of alkyl halides is 6. The van der Waals surface area contributed by atoms with E-state index in [9.17, 15) is 46.8 Å². The van der Waals surface area contributed by atoms with Crippen molar-refractivity contribution in [3.63, 3.8) is 0 Å². The maximum absolute atomic E-state index is 13.2. The number of unbranched alkanes of at least 4 members (excludes halogenated alkanes) is 2. The molecule has 0 radical (unpaired) electrons. The first kappa shape index (κ1) is 64.1. The number of hydrogen-bond donors (Lipinski definition) is 5. The van der Waals surface area contributed by atoms with Gasteiger partial charge in [0.25, 0.3) is 0 Å². The van der Waals surface area contributed by atoms with E-state index in [1.807, 2.05) is 72.8 Å². The number of aromatic nitrogens is 2. The van der Waals surface area contributed by atoms with Gasteiger partial charge in [-0.3, -0.25) is 9.88 Å². The summed E-state index contributed by atoms with van der Waals surface area (Å²) < 4.78 is 79.3. The summed E-state index contributed by atoms with van der Waals surface area (Å²) in [5, 5.41) is 48.5. The van der Waals surface area contributed by atoms with Gasteiger partial charge in [0.15, 0.2) is 0 Å². The predicted molar refractivity (Wildman–Crippen MR) is 328 cm³/mol. The van der Waals surface area contributed by atoms with Gasteiger partial charge in [-0.1, -0.05) is 110 Å². The zero-order valence-corrected chi connectivity index (χ0v) is 49.9. The van der Waals surface area contributed by atoms with Gasteiger partial charge < -0.3 is 30.6 Å². The van der Waals surface area contributed by atoms with Crippen LogP contribution in [0.15, 0.2) is 122 Å². The average molecular weight is 1230 g/mol. The summed E-state index contributed by atoms with van der Waals surface area (Å²) in [6.45, 7) is 13.6. The molecule has 5 aromatic carbocycles. The lowest BCUT2D eigenvalue weighted by Gasteiger charge is -2.50. The molecule has 452 valence electrons. The SMILES string of the molecule is C=CC1CN2CCC1CC2C(O)c1ccnc2ccc(CO)cc12.CCCCN(CCCC)CC(O)c1cc(Cl)cc2c1-c1ccc(Cl)cc1/C2=C/c1ccc(Cl)cc1.OC(c1cc(C(F)(F)F)nc2c(C(F)(F)F)cccc12)C1CCCCN1. The number of fused-ring (bicyclic) bond motifs is 8. The van der Waals surface area contributed by atoms with Crippen LogP contribution in [-0.4, -0.2) is 91.5 Å². The number of rotatable bonds is 16. The van der Waals surface area contributed by atoms with Gasteiger partial charge in [0.2, 0.25) is 0 Å². The Morgan fingerprint density at radius 3 is 2.13 bits per heavy atom. The summed E-state index contributed by atoms with van der Waals surface area (Å²) in [5.41, 5.74) is 6.05. The Hall–Kier alpha value is -5.43. The fourth-order valence-electron chi connectivity index (χ4n) is 12.5. The van der Waals surface area contributed by atoms with Crippen molar-refractivity contribution >= 4 is 68.3 Å². The molecule has 1 aliphatic carbocycles. The molecule has 4 aliphatic heterocycles. The topological polar surface area (TPSA) is 125 Å². The Bertz CT molecular complexity index is 3480. The minimum atomic E-state index is -4.93. The molecule has 0 spiro atoms. The van der Waals surface area contributed by atoms with Crippen molar-refractivity contribution in [1.82, 2.24) is 25.1 Å². The minimum Gasteiger partial charge on any atom is -0.392 e. The molecule has 85 heavy (non-hydrogen) atoms. The monoisotopic (exact) mass is 1230 g/mol. The zero-order valence-electron chi connectivity index (χ0n) is 47.6. The van der Waals surface area contributed by atoms with Crippen LogP contribution in [0.5, 0.6) is 0 Å². The molecule has 8 atom stereocenters. The maximum atomic E-state index is 13.2. The summed E-state index contributed by atoms with van der Waals surface area (Å²) in [5.74, 6) is 1.19. The number of benzene rings is 5. The Morgan fingerprint density at radius 2 is 1.48 bits per heavy atom. The number of para-hydroxylation sites is 1. The summed E-state index contributed by atoms with van der Waals surface area (Å²) in [7, 11) is 0. The van der Waals surface area contributed by atoms with Gasteiger partial charge in [-0.25, -0.2) is 4.98 Å². The number of piperidine rings is 4. The fraction of sp³-hybridized carbons (Fsp3) is 0.403. The number of nitrogens with zero attached hydrogens (tertiary/aromatic N) is 4. The molecule has 2 aromatic heterocycles. The normalized spacial score (nSPS) is 20.8. The summed E-state index contributed by atoms with van der Waals surface area (Å²) in [4.78, 5) is 12.4. The third-order valence-corrected chi connectivity index (χ3v) is 17.7. The Kier molecular flexibility index (Phi) is 21.2. The van der Waals surface area contributed by atoms with Crippen molar-refractivity contribution in [3.8, 4) is 11.1 Å². The number of aliphatic hydroxyl groups excluding tert-OH is 4. The second kappa shape index (κ2) is 28.2. The number of aliphatic hydroxyl groups is 4. The van der Waals surface area contributed by atoms with E-state index < -0.39 is 53.5 Å². The molecule has 9 nitrogen and oxygen atoms in total. The smallest absolute Gasteiger partial charge is 0.392 e.